The minimum Gasteiger partial charge on any atom is -0.453 e. The van der Waals surface area contributed by atoms with E-state index in [2.05, 4.69) is 108 Å². The van der Waals surface area contributed by atoms with Crippen LogP contribution < -0.4 is 16.0 Å². The number of unbranched alkanes of at least 4 members (excludes halogenated alkanes) is 2. The molecule has 0 saturated carbocycles. The molecule has 4 heterocycles. The van der Waals surface area contributed by atoms with Gasteiger partial charge in [-0.15, -0.1) is 6.58 Å². The molecule has 0 bridgehead atoms. The van der Waals surface area contributed by atoms with Crippen molar-refractivity contribution in [2.24, 2.45) is 5.92 Å². The van der Waals surface area contributed by atoms with Gasteiger partial charge in [-0.3, -0.25) is 14.7 Å². The number of methoxy groups -OCH3 is 2. The van der Waals surface area contributed by atoms with Crippen LogP contribution in [0.1, 0.15) is 83.4 Å². The Hall–Kier alpha value is -6.61. The Morgan fingerprint density at radius 3 is 2.38 bits per heavy atom. The summed E-state index contributed by atoms with van der Waals surface area (Å²) >= 11 is 0. The molecule has 0 radical (unpaired) electrons. The van der Waals surface area contributed by atoms with E-state index in [-0.39, 0.29) is 18.4 Å². The van der Waals surface area contributed by atoms with Gasteiger partial charge in [0.1, 0.15) is 17.9 Å². The monoisotopic (exact) mass is 876 g/mol. The number of alkyl carbamates (subject to hydrolysis) is 2. The number of imidazole rings is 2. The first kappa shape index (κ1) is 50.0. The number of benzene rings is 2. The van der Waals surface area contributed by atoms with Crippen molar-refractivity contribution in [3.8, 4) is 22.5 Å². The van der Waals surface area contributed by atoms with Crippen molar-refractivity contribution in [2.75, 3.05) is 40.9 Å². The Labute approximate surface area is 376 Å². The van der Waals surface area contributed by atoms with E-state index < -0.39 is 18.2 Å². The van der Waals surface area contributed by atoms with Crippen LogP contribution in [0.3, 0.4) is 0 Å². The van der Waals surface area contributed by atoms with Crippen molar-refractivity contribution in [2.45, 2.75) is 84.2 Å². The van der Waals surface area contributed by atoms with Crippen molar-refractivity contribution < 1.29 is 28.7 Å². The molecule has 342 valence electrons. The highest BCUT2D eigenvalue weighted by molar-refractivity contribution is 5.90. The summed E-state index contributed by atoms with van der Waals surface area (Å²) in [7, 11) is 4.69. The lowest BCUT2D eigenvalue weighted by Crippen LogP contribution is -2.40. The lowest BCUT2D eigenvalue weighted by Gasteiger charge is -2.18. The van der Waals surface area contributed by atoms with Crippen LogP contribution in [0.5, 0.6) is 0 Å². The minimum absolute atomic E-state index is 0.0691. The van der Waals surface area contributed by atoms with Crippen LogP contribution in [0.25, 0.3) is 44.3 Å². The highest BCUT2D eigenvalue weighted by Crippen LogP contribution is 2.32. The summed E-state index contributed by atoms with van der Waals surface area (Å²) in [4.78, 5) is 67.9. The first-order chi connectivity index (χ1) is 31.2. The second kappa shape index (κ2) is 26.8. The van der Waals surface area contributed by atoms with E-state index in [0.29, 0.717) is 18.9 Å². The van der Waals surface area contributed by atoms with Gasteiger partial charge in [-0.25, -0.2) is 19.6 Å². The molecule has 5 aromatic rings. The van der Waals surface area contributed by atoms with Gasteiger partial charge in [0, 0.05) is 41.6 Å². The van der Waals surface area contributed by atoms with E-state index in [9.17, 15) is 19.2 Å². The molecular weight excluding hydrogens is 811 g/mol. The number of aromatic amines is 2. The number of H-pyrrole nitrogens is 2. The topological polar surface area (TPSA) is 196 Å². The third kappa shape index (κ3) is 15.0. The fourth-order valence-corrected chi connectivity index (χ4v) is 7.11. The number of hydrogen-bond donors (Lipinski definition) is 5. The van der Waals surface area contributed by atoms with E-state index in [1.807, 2.05) is 56.6 Å². The Bertz CT molecular complexity index is 2320. The van der Waals surface area contributed by atoms with Gasteiger partial charge in [-0.2, -0.15) is 0 Å². The van der Waals surface area contributed by atoms with E-state index in [4.69, 9.17) is 9.97 Å². The standard InChI is InChI=1S/C32H36N8O3.C10H13NO3.C5H10.C2H6/c1-40-13-5-6-28(40)31-38-24-11-10-22(16-26(24)39-31)25-15-20-8-9-21(14-23(20)17-34-25)27-18-35-29(37-27)7-3-4-12-33-30(41)19-36-32(42)43-2;1-14-10(13)11-9(7-12)8-5-3-2-4-6-8;1-3-5-4-2;1-2/h8-11,14-18,28H,3-7,12-13,19H2,1-2H3,(H,33,41)(H,35,37)(H,36,42)(H,38,39);3-9H,2H2,1H3,(H,11,13);3H,1,4-5H2,2H3;1-2H3. The van der Waals surface area contributed by atoms with Crippen molar-refractivity contribution >= 4 is 46.2 Å². The number of amides is 3. The number of pyridine rings is 1. The number of nitrogens with one attached hydrogen (secondary N) is 5. The zero-order valence-electron chi connectivity index (χ0n) is 38.1. The predicted molar refractivity (Wildman–Crippen MR) is 254 cm³/mol. The highest BCUT2D eigenvalue weighted by Gasteiger charge is 2.25. The van der Waals surface area contributed by atoms with E-state index >= 15 is 0 Å². The van der Waals surface area contributed by atoms with Crippen LogP contribution in [-0.4, -0.2) is 101 Å². The summed E-state index contributed by atoms with van der Waals surface area (Å²) in [6, 6.07) is 14.6. The number of aryl methyl sites for hydroxylation is 1. The molecule has 2 aliphatic rings. The molecule has 3 aromatic heterocycles. The minimum atomic E-state index is -0.624. The molecule has 0 spiro atoms. The van der Waals surface area contributed by atoms with Gasteiger partial charge in [0.25, 0.3) is 0 Å². The zero-order valence-corrected chi connectivity index (χ0v) is 38.1. The lowest BCUT2D eigenvalue weighted by atomic mass is 9.96. The Morgan fingerprint density at radius 1 is 0.938 bits per heavy atom. The van der Waals surface area contributed by atoms with Gasteiger partial charge in [-0.05, 0) is 81.8 Å². The third-order valence-corrected chi connectivity index (χ3v) is 10.5. The summed E-state index contributed by atoms with van der Waals surface area (Å²) in [5.41, 5.74) is 6.02. The largest absolute Gasteiger partial charge is 0.453 e. The highest BCUT2D eigenvalue weighted by atomic mass is 16.5. The number of rotatable bonds is 15. The molecule has 1 fully saturated rings. The van der Waals surface area contributed by atoms with E-state index in [0.717, 1.165) is 101 Å². The summed E-state index contributed by atoms with van der Waals surface area (Å²) in [5, 5.41) is 9.77. The van der Waals surface area contributed by atoms with Crippen LogP contribution in [0.2, 0.25) is 0 Å². The molecule has 2 atom stereocenters. The number of aldehydes is 1. The van der Waals surface area contributed by atoms with Gasteiger partial charge in [0.2, 0.25) is 5.91 Å². The lowest BCUT2D eigenvalue weighted by molar-refractivity contribution is -0.120. The molecule has 15 heteroatoms. The normalized spacial score (nSPS) is 14.8. The van der Waals surface area contributed by atoms with Gasteiger partial charge in [0.05, 0.1) is 61.5 Å². The average Bonchev–Trinajstić information content (AvgIpc) is 4.11. The van der Waals surface area contributed by atoms with Gasteiger partial charge >= 0.3 is 12.2 Å². The fraction of sp³-hybridized carbons (Fsp3) is 0.408. The number of ether oxygens (including phenoxy) is 2. The van der Waals surface area contributed by atoms with Crippen LogP contribution in [-0.2, 0) is 25.5 Å². The maximum atomic E-state index is 11.7. The van der Waals surface area contributed by atoms with Crippen molar-refractivity contribution in [1.82, 2.24) is 45.8 Å². The number of carbonyl (C=O) groups is 4. The smallest absolute Gasteiger partial charge is 0.407 e. The van der Waals surface area contributed by atoms with Crippen LogP contribution in [0.15, 0.2) is 91.8 Å². The Balaban J connectivity index is 0.000000355. The third-order valence-electron chi connectivity index (χ3n) is 10.5. The van der Waals surface area contributed by atoms with Gasteiger partial charge in [-0.1, -0.05) is 75.8 Å². The van der Waals surface area contributed by atoms with Crippen LogP contribution in [0.4, 0.5) is 9.59 Å². The number of fused-ring (bicyclic) bond motifs is 2. The van der Waals surface area contributed by atoms with Crippen LogP contribution >= 0.6 is 0 Å². The van der Waals surface area contributed by atoms with E-state index in [1.54, 1.807) is 0 Å². The summed E-state index contributed by atoms with van der Waals surface area (Å²) < 4.78 is 8.87. The number of hydrogen-bond acceptors (Lipinski definition) is 10. The second-order valence-corrected chi connectivity index (χ2v) is 15.1. The molecule has 7 rings (SSSR count). The van der Waals surface area contributed by atoms with Crippen molar-refractivity contribution in [3.05, 3.63) is 103 Å². The number of likely N-dealkylation sites (tertiary alicyclic amines) is 1. The van der Waals surface area contributed by atoms with E-state index in [1.165, 1.54) is 27.1 Å². The summed E-state index contributed by atoms with van der Waals surface area (Å²) in [6.07, 6.45) is 21.0. The van der Waals surface area contributed by atoms with Gasteiger partial charge < -0.3 is 40.2 Å². The Kier molecular flexibility index (Phi) is 20.9. The predicted octanol–water partition coefficient (Wildman–Crippen LogP) is 8.77. The molecule has 1 aliphatic carbocycles. The SMILES string of the molecule is C=CCCC.CC.COC(=O)NC(C=O)C1C=CCC=C1.COC(=O)NCC(=O)NCCCCc1ncc(-c2ccc3cc(-c4ccc5nc(C6CCCN6C)[nH]c5c4)ncc3c2)[nH]1. The molecule has 2 aromatic carbocycles. The second-order valence-electron chi connectivity index (χ2n) is 15.1. The Morgan fingerprint density at radius 2 is 1.70 bits per heavy atom. The molecule has 1 saturated heterocycles. The number of aromatic nitrogens is 5. The summed E-state index contributed by atoms with van der Waals surface area (Å²) in [5.74, 6) is 1.63. The quantitative estimate of drug-likeness (QED) is 0.0385. The average molecular weight is 876 g/mol. The number of allylic oxidation sites excluding steroid dienone is 3. The number of nitrogens with zero attached hydrogens (tertiary/aromatic N) is 4. The van der Waals surface area contributed by atoms with Gasteiger partial charge in [0.15, 0.2) is 0 Å². The molecule has 2 unspecified atom stereocenters. The first-order valence-electron chi connectivity index (χ1n) is 22.1. The maximum Gasteiger partial charge on any atom is 0.407 e. The molecule has 15 nitrogen and oxygen atoms in total. The van der Waals surface area contributed by atoms with Crippen molar-refractivity contribution in [3.63, 3.8) is 0 Å². The number of carbonyl (C=O) groups excluding carboxylic acids is 4. The molecule has 3 amide bonds. The van der Waals surface area contributed by atoms with Crippen LogP contribution in [0, 0.1) is 5.92 Å². The van der Waals surface area contributed by atoms with Crippen molar-refractivity contribution in [1.29, 1.82) is 0 Å². The molecular formula is C49H65N9O6. The first-order valence-corrected chi connectivity index (χ1v) is 22.1. The zero-order chi connectivity index (χ0) is 46.3. The summed E-state index contributed by atoms with van der Waals surface area (Å²) in [6.45, 7) is 11.2. The molecule has 5 N–H and O–H groups in total. The maximum absolute atomic E-state index is 11.7. The fourth-order valence-electron chi connectivity index (χ4n) is 7.11. The molecule has 1 aliphatic heterocycles. The molecule has 64 heavy (non-hydrogen) atoms.